The Morgan fingerprint density at radius 2 is 2.00 bits per heavy atom. The molecule has 4 rings (SSSR count). The van der Waals surface area contributed by atoms with Crippen molar-refractivity contribution in [2.24, 2.45) is 0 Å². The summed E-state index contributed by atoms with van der Waals surface area (Å²) in [5.41, 5.74) is 4.12. The van der Waals surface area contributed by atoms with Gasteiger partial charge in [-0.1, -0.05) is 42.5 Å². The van der Waals surface area contributed by atoms with Crippen molar-refractivity contribution in [3.8, 4) is 5.75 Å². The van der Waals surface area contributed by atoms with Gasteiger partial charge in [-0.25, -0.2) is 14.8 Å². The fraction of sp³-hybridized carbons (Fsp3) is 0.320. The summed E-state index contributed by atoms with van der Waals surface area (Å²) < 4.78 is 5.41. The molecule has 2 heterocycles. The first-order valence-electron chi connectivity index (χ1n) is 10.6. The highest BCUT2D eigenvalue weighted by molar-refractivity contribution is 5.88. The Labute approximate surface area is 182 Å². The Balaban J connectivity index is 1.60. The maximum Gasteiger partial charge on any atom is 0.339 e. The monoisotopic (exact) mass is 417 g/mol. The number of carboxylic acids is 1. The third-order valence-electron chi connectivity index (χ3n) is 5.90. The van der Waals surface area contributed by atoms with Crippen molar-refractivity contribution in [3.05, 3.63) is 82.7 Å². The van der Waals surface area contributed by atoms with Crippen LogP contribution in [0, 0.1) is 6.92 Å². The molecule has 0 radical (unpaired) electrons. The predicted molar refractivity (Wildman–Crippen MR) is 120 cm³/mol. The Kier molecular flexibility index (Phi) is 6.16. The zero-order valence-corrected chi connectivity index (χ0v) is 17.9. The van der Waals surface area contributed by atoms with Crippen molar-refractivity contribution in [3.63, 3.8) is 0 Å². The molecule has 2 aromatic carbocycles. The van der Waals surface area contributed by atoms with E-state index in [4.69, 9.17) is 9.72 Å². The molecule has 3 aromatic rings. The second-order valence-corrected chi connectivity index (χ2v) is 7.90. The number of methoxy groups -OCH3 is 1. The molecule has 1 saturated heterocycles. The maximum absolute atomic E-state index is 11.8. The number of carbonyl (C=O) groups is 1. The Morgan fingerprint density at radius 1 is 1.19 bits per heavy atom. The molecule has 6 nitrogen and oxygen atoms in total. The van der Waals surface area contributed by atoms with Crippen LogP contribution >= 0.6 is 0 Å². The van der Waals surface area contributed by atoms with Crippen LogP contribution in [0.25, 0.3) is 0 Å². The third kappa shape index (κ3) is 4.53. The van der Waals surface area contributed by atoms with Crippen molar-refractivity contribution in [1.29, 1.82) is 0 Å². The predicted octanol–water partition coefficient (Wildman–Crippen LogP) is 4.62. The smallest absolute Gasteiger partial charge is 0.339 e. The van der Waals surface area contributed by atoms with Gasteiger partial charge in [0.25, 0.3) is 0 Å². The van der Waals surface area contributed by atoms with Gasteiger partial charge >= 0.3 is 5.97 Å². The second-order valence-electron chi connectivity index (χ2n) is 7.90. The number of aromatic carboxylic acids is 1. The zero-order valence-electron chi connectivity index (χ0n) is 17.9. The summed E-state index contributed by atoms with van der Waals surface area (Å²) in [6.07, 6.45) is 4.74. The van der Waals surface area contributed by atoms with Crippen LogP contribution in [-0.2, 0) is 12.8 Å². The van der Waals surface area contributed by atoms with Gasteiger partial charge in [-0.15, -0.1) is 0 Å². The van der Waals surface area contributed by atoms with Crippen LogP contribution in [-0.4, -0.2) is 34.7 Å². The lowest BCUT2D eigenvalue weighted by Gasteiger charge is -2.25. The summed E-state index contributed by atoms with van der Waals surface area (Å²) in [6, 6.07) is 16.6. The molecule has 1 N–H and O–H groups in total. The molecule has 1 atom stereocenters. The van der Waals surface area contributed by atoms with E-state index in [9.17, 15) is 9.90 Å². The normalized spacial score (nSPS) is 15.8. The number of aryl methyl sites for hydroxylation is 3. The van der Waals surface area contributed by atoms with E-state index in [1.165, 1.54) is 11.8 Å². The molecule has 160 valence electrons. The summed E-state index contributed by atoms with van der Waals surface area (Å²) in [5, 5.41) is 9.65. The maximum atomic E-state index is 11.8. The SMILES string of the molecule is COc1cc(CCc2nc(N3CCC[C@@H]3c3ccccc3)ncc2C(=O)O)ccc1C. The van der Waals surface area contributed by atoms with Crippen molar-refractivity contribution in [1.82, 2.24) is 9.97 Å². The molecule has 1 fully saturated rings. The van der Waals surface area contributed by atoms with Gasteiger partial charge in [0.1, 0.15) is 5.75 Å². The largest absolute Gasteiger partial charge is 0.496 e. The molecule has 0 bridgehead atoms. The standard InChI is InChI=1S/C25H27N3O3/c1-17-10-11-18(15-23(17)31-2)12-13-21-20(24(29)30)16-26-25(27-21)28-14-6-9-22(28)19-7-4-3-5-8-19/h3-5,7-8,10-11,15-16,22H,6,9,12-14H2,1-2H3,(H,29,30)/t22-/m1/s1. The first kappa shape index (κ1) is 20.8. The van der Waals surface area contributed by atoms with E-state index in [0.29, 0.717) is 24.5 Å². The second kappa shape index (κ2) is 9.16. The lowest BCUT2D eigenvalue weighted by Crippen LogP contribution is -2.25. The molecule has 1 aliphatic heterocycles. The molecule has 1 aromatic heterocycles. The molecule has 0 aliphatic carbocycles. The zero-order chi connectivity index (χ0) is 21.8. The molecular weight excluding hydrogens is 390 g/mol. The number of rotatable bonds is 7. The molecule has 0 amide bonds. The summed E-state index contributed by atoms with van der Waals surface area (Å²) in [7, 11) is 1.66. The lowest BCUT2D eigenvalue weighted by atomic mass is 10.0. The molecule has 0 spiro atoms. The van der Waals surface area contributed by atoms with Crippen LogP contribution < -0.4 is 9.64 Å². The quantitative estimate of drug-likeness (QED) is 0.605. The third-order valence-corrected chi connectivity index (χ3v) is 5.90. The van der Waals surface area contributed by atoms with Crippen molar-refractivity contribution < 1.29 is 14.6 Å². The van der Waals surface area contributed by atoms with E-state index >= 15 is 0 Å². The number of ether oxygens (including phenoxy) is 1. The van der Waals surface area contributed by atoms with Crippen LogP contribution in [0.4, 0.5) is 5.95 Å². The summed E-state index contributed by atoms with van der Waals surface area (Å²) in [6.45, 7) is 2.86. The lowest BCUT2D eigenvalue weighted by molar-refractivity contribution is 0.0694. The topological polar surface area (TPSA) is 75.5 Å². The van der Waals surface area contributed by atoms with Gasteiger partial charge in [-0.2, -0.15) is 0 Å². The van der Waals surface area contributed by atoms with Crippen LogP contribution in [0.5, 0.6) is 5.75 Å². The molecule has 6 heteroatoms. The number of anilines is 1. The highest BCUT2D eigenvalue weighted by atomic mass is 16.5. The van der Waals surface area contributed by atoms with Crippen LogP contribution in [0.15, 0.2) is 54.7 Å². The fourth-order valence-electron chi connectivity index (χ4n) is 4.22. The first-order chi connectivity index (χ1) is 15.1. The van der Waals surface area contributed by atoms with Gasteiger partial charge in [0.15, 0.2) is 0 Å². The van der Waals surface area contributed by atoms with Gasteiger partial charge in [0, 0.05) is 12.7 Å². The van der Waals surface area contributed by atoms with Crippen molar-refractivity contribution in [2.45, 2.75) is 38.6 Å². The highest BCUT2D eigenvalue weighted by Crippen LogP contribution is 2.34. The summed E-state index contributed by atoms with van der Waals surface area (Å²) >= 11 is 0. The minimum atomic E-state index is -0.996. The van der Waals surface area contributed by atoms with Gasteiger partial charge in [-0.3, -0.25) is 0 Å². The molecular formula is C25H27N3O3. The average Bonchev–Trinajstić information content (AvgIpc) is 3.29. The average molecular weight is 418 g/mol. The van der Waals surface area contributed by atoms with Crippen LogP contribution in [0.3, 0.4) is 0 Å². The van der Waals surface area contributed by atoms with Gasteiger partial charge in [0.2, 0.25) is 5.95 Å². The molecule has 1 aliphatic rings. The van der Waals surface area contributed by atoms with Crippen molar-refractivity contribution in [2.75, 3.05) is 18.6 Å². The highest BCUT2D eigenvalue weighted by Gasteiger charge is 2.28. The van der Waals surface area contributed by atoms with E-state index in [1.54, 1.807) is 7.11 Å². The fourth-order valence-corrected chi connectivity index (χ4v) is 4.22. The van der Waals surface area contributed by atoms with Gasteiger partial charge < -0.3 is 14.7 Å². The Bertz CT molecular complexity index is 1070. The number of nitrogens with zero attached hydrogens (tertiary/aromatic N) is 3. The summed E-state index contributed by atoms with van der Waals surface area (Å²) in [5.74, 6) is 0.444. The number of benzene rings is 2. The number of hydrogen-bond donors (Lipinski definition) is 1. The molecule has 0 saturated carbocycles. The molecule has 31 heavy (non-hydrogen) atoms. The number of hydrogen-bond acceptors (Lipinski definition) is 5. The van der Waals surface area contributed by atoms with E-state index in [-0.39, 0.29) is 11.6 Å². The van der Waals surface area contributed by atoms with E-state index in [1.807, 2.05) is 43.3 Å². The van der Waals surface area contributed by atoms with Crippen molar-refractivity contribution >= 4 is 11.9 Å². The molecule has 0 unspecified atom stereocenters. The Morgan fingerprint density at radius 3 is 2.74 bits per heavy atom. The van der Waals surface area contributed by atoms with Gasteiger partial charge in [0.05, 0.1) is 24.4 Å². The minimum Gasteiger partial charge on any atom is -0.496 e. The van der Waals surface area contributed by atoms with Gasteiger partial charge in [-0.05, 0) is 55.4 Å². The number of aromatic nitrogens is 2. The first-order valence-corrected chi connectivity index (χ1v) is 10.6. The Hall–Kier alpha value is -3.41. The summed E-state index contributed by atoms with van der Waals surface area (Å²) in [4.78, 5) is 23.1. The van der Waals surface area contributed by atoms with Crippen LogP contribution in [0.1, 0.15) is 51.6 Å². The van der Waals surface area contributed by atoms with E-state index < -0.39 is 5.97 Å². The van der Waals surface area contributed by atoms with E-state index in [2.05, 4.69) is 22.0 Å². The number of carboxylic acid groups (broad SMARTS) is 1. The minimum absolute atomic E-state index is 0.165. The van der Waals surface area contributed by atoms with Crippen LogP contribution in [0.2, 0.25) is 0 Å². The van der Waals surface area contributed by atoms with E-state index in [0.717, 1.165) is 36.3 Å².